The van der Waals surface area contributed by atoms with Crippen LogP contribution >= 0.6 is 24.0 Å². The van der Waals surface area contributed by atoms with Gasteiger partial charge in [-0.25, -0.2) is 0 Å². The molecule has 1 fully saturated rings. The number of likely N-dealkylation sites (N-methyl/N-ethyl adjacent to an activating group) is 1. The van der Waals surface area contributed by atoms with E-state index in [-0.39, 0.29) is 24.0 Å². The van der Waals surface area contributed by atoms with Crippen LogP contribution in [0.25, 0.3) is 0 Å². The predicted octanol–water partition coefficient (Wildman–Crippen LogP) is 2.57. The summed E-state index contributed by atoms with van der Waals surface area (Å²) >= 11 is 0. The summed E-state index contributed by atoms with van der Waals surface area (Å²) < 4.78 is 10.8. The van der Waals surface area contributed by atoms with Crippen LogP contribution in [0.15, 0.2) is 23.2 Å². The molecule has 0 radical (unpaired) electrons. The number of ether oxygens (including phenoxy) is 2. The van der Waals surface area contributed by atoms with Crippen LogP contribution in [-0.4, -0.2) is 50.4 Å². The van der Waals surface area contributed by atoms with Crippen molar-refractivity contribution >= 4 is 29.9 Å². The van der Waals surface area contributed by atoms with Gasteiger partial charge in [-0.15, -0.1) is 24.0 Å². The average molecular weight is 460 g/mol. The maximum Gasteiger partial charge on any atom is 0.231 e. The molecule has 3 rings (SSSR count). The van der Waals surface area contributed by atoms with E-state index >= 15 is 0 Å². The summed E-state index contributed by atoms with van der Waals surface area (Å²) in [7, 11) is 1.81. The fourth-order valence-electron chi connectivity index (χ4n) is 3.38. The van der Waals surface area contributed by atoms with E-state index in [0.717, 1.165) is 36.1 Å². The highest BCUT2D eigenvalue weighted by molar-refractivity contribution is 14.0. The van der Waals surface area contributed by atoms with Gasteiger partial charge in [-0.05, 0) is 43.6 Å². The highest BCUT2D eigenvalue weighted by Crippen LogP contribution is 2.32. The third kappa shape index (κ3) is 5.37. The number of nitrogens with one attached hydrogen (secondary N) is 2. The summed E-state index contributed by atoms with van der Waals surface area (Å²) in [5, 5.41) is 6.84. The first-order chi connectivity index (χ1) is 11.8. The second-order valence-electron chi connectivity index (χ2n) is 6.27. The standard InChI is InChI=1S/C18H28N4O2.HI/c1-3-22-9-5-4-6-15(22)12-21-18(19-2)20-11-14-7-8-16-17(10-14)24-13-23-16;/h7-8,10,15H,3-6,9,11-13H2,1-2H3,(H2,19,20,21);1H. The maximum absolute atomic E-state index is 5.42. The average Bonchev–Trinajstić information content (AvgIpc) is 3.10. The summed E-state index contributed by atoms with van der Waals surface area (Å²) in [6, 6.07) is 6.63. The van der Waals surface area contributed by atoms with E-state index in [1.165, 1.54) is 25.8 Å². The van der Waals surface area contributed by atoms with Crippen molar-refractivity contribution in [2.45, 2.75) is 38.8 Å². The van der Waals surface area contributed by atoms with Gasteiger partial charge in [0.2, 0.25) is 6.79 Å². The molecule has 0 aliphatic carbocycles. The molecular formula is C18H29IN4O2. The summed E-state index contributed by atoms with van der Waals surface area (Å²) in [4.78, 5) is 6.89. The van der Waals surface area contributed by atoms with Crippen LogP contribution in [0.5, 0.6) is 11.5 Å². The lowest BCUT2D eigenvalue weighted by Gasteiger charge is -2.35. The van der Waals surface area contributed by atoms with E-state index in [2.05, 4.69) is 27.4 Å². The number of hydrogen-bond acceptors (Lipinski definition) is 4. The first kappa shape index (κ1) is 20.1. The first-order valence-corrected chi connectivity index (χ1v) is 8.87. The van der Waals surface area contributed by atoms with Crippen molar-refractivity contribution in [2.24, 2.45) is 4.99 Å². The van der Waals surface area contributed by atoms with Gasteiger partial charge in [-0.2, -0.15) is 0 Å². The maximum atomic E-state index is 5.42. The molecule has 0 saturated carbocycles. The normalized spacial score (nSPS) is 20.1. The van der Waals surface area contributed by atoms with E-state index in [4.69, 9.17) is 9.47 Å². The number of guanidine groups is 1. The number of hydrogen-bond donors (Lipinski definition) is 2. The van der Waals surface area contributed by atoms with Crippen molar-refractivity contribution in [1.29, 1.82) is 0 Å². The molecule has 7 heteroatoms. The Kier molecular flexibility index (Phi) is 8.08. The number of aliphatic imine (C=N–C) groups is 1. The van der Waals surface area contributed by atoms with Gasteiger partial charge in [0, 0.05) is 26.2 Å². The van der Waals surface area contributed by atoms with Gasteiger partial charge in [0.25, 0.3) is 0 Å². The fraction of sp³-hybridized carbons (Fsp3) is 0.611. The van der Waals surface area contributed by atoms with Crippen molar-refractivity contribution in [3.8, 4) is 11.5 Å². The SMILES string of the molecule is CCN1CCCCC1CNC(=NC)NCc1ccc2c(c1)OCO2.I. The minimum atomic E-state index is 0. The second-order valence-corrected chi connectivity index (χ2v) is 6.27. The Morgan fingerprint density at radius 2 is 2.08 bits per heavy atom. The van der Waals surface area contributed by atoms with Gasteiger partial charge in [-0.1, -0.05) is 19.4 Å². The number of piperidine rings is 1. The van der Waals surface area contributed by atoms with Gasteiger partial charge in [0.05, 0.1) is 0 Å². The van der Waals surface area contributed by atoms with Gasteiger partial charge < -0.3 is 20.1 Å². The third-order valence-corrected chi connectivity index (χ3v) is 4.78. The monoisotopic (exact) mass is 460 g/mol. The quantitative estimate of drug-likeness (QED) is 0.402. The Bertz CT molecular complexity index is 582. The zero-order valence-electron chi connectivity index (χ0n) is 15.1. The molecule has 0 amide bonds. The second kappa shape index (κ2) is 10.1. The van der Waals surface area contributed by atoms with Crippen LogP contribution in [0.2, 0.25) is 0 Å². The van der Waals surface area contributed by atoms with Gasteiger partial charge >= 0.3 is 0 Å². The fourth-order valence-corrected chi connectivity index (χ4v) is 3.38. The van der Waals surface area contributed by atoms with E-state index in [0.29, 0.717) is 19.4 Å². The minimum Gasteiger partial charge on any atom is -0.454 e. The molecule has 1 saturated heterocycles. The van der Waals surface area contributed by atoms with Crippen LogP contribution < -0.4 is 20.1 Å². The molecule has 0 aromatic heterocycles. The molecule has 0 bridgehead atoms. The number of rotatable bonds is 5. The summed E-state index contributed by atoms with van der Waals surface area (Å²) in [6.45, 7) is 6.53. The molecule has 2 N–H and O–H groups in total. The summed E-state index contributed by atoms with van der Waals surface area (Å²) in [5.74, 6) is 2.48. The number of fused-ring (bicyclic) bond motifs is 1. The molecule has 25 heavy (non-hydrogen) atoms. The molecule has 2 aliphatic rings. The van der Waals surface area contributed by atoms with Gasteiger partial charge in [0.15, 0.2) is 17.5 Å². The molecule has 6 nitrogen and oxygen atoms in total. The van der Waals surface area contributed by atoms with E-state index in [1.807, 2.05) is 25.2 Å². The lowest BCUT2D eigenvalue weighted by Crippen LogP contribution is -2.48. The number of likely N-dealkylation sites (tertiary alicyclic amines) is 1. The van der Waals surface area contributed by atoms with Crippen molar-refractivity contribution in [3.05, 3.63) is 23.8 Å². The minimum absolute atomic E-state index is 0. The molecule has 1 aromatic carbocycles. The molecular weight excluding hydrogens is 431 g/mol. The van der Waals surface area contributed by atoms with Crippen LogP contribution in [0.4, 0.5) is 0 Å². The number of benzene rings is 1. The Morgan fingerprint density at radius 3 is 2.88 bits per heavy atom. The van der Waals surface area contributed by atoms with E-state index in [1.54, 1.807) is 0 Å². The Morgan fingerprint density at radius 1 is 1.24 bits per heavy atom. The predicted molar refractivity (Wildman–Crippen MR) is 111 cm³/mol. The largest absolute Gasteiger partial charge is 0.454 e. The van der Waals surface area contributed by atoms with Crippen LogP contribution in [0.3, 0.4) is 0 Å². The topological polar surface area (TPSA) is 58.1 Å². The van der Waals surface area contributed by atoms with Crippen LogP contribution in [0, 0.1) is 0 Å². The Hall–Kier alpha value is -1.22. The lowest BCUT2D eigenvalue weighted by atomic mass is 10.0. The Balaban J connectivity index is 0.00000225. The smallest absolute Gasteiger partial charge is 0.231 e. The molecule has 2 heterocycles. The summed E-state index contributed by atoms with van der Waals surface area (Å²) in [5.41, 5.74) is 1.15. The van der Waals surface area contributed by atoms with Crippen LogP contribution in [-0.2, 0) is 6.54 Å². The number of halogens is 1. The molecule has 1 atom stereocenters. The summed E-state index contributed by atoms with van der Waals surface area (Å²) in [6.07, 6.45) is 3.91. The molecule has 0 spiro atoms. The first-order valence-electron chi connectivity index (χ1n) is 8.87. The zero-order chi connectivity index (χ0) is 16.8. The van der Waals surface area contributed by atoms with Crippen molar-refractivity contribution in [3.63, 3.8) is 0 Å². The van der Waals surface area contributed by atoms with Gasteiger partial charge in [0.1, 0.15) is 0 Å². The Labute approximate surface area is 167 Å². The molecule has 2 aliphatic heterocycles. The molecule has 1 unspecified atom stereocenters. The lowest BCUT2D eigenvalue weighted by molar-refractivity contribution is 0.157. The zero-order valence-corrected chi connectivity index (χ0v) is 17.4. The van der Waals surface area contributed by atoms with Crippen molar-refractivity contribution in [2.75, 3.05) is 33.5 Å². The third-order valence-electron chi connectivity index (χ3n) is 4.78. The van der Waals surface area contributed by atoms with E-state index in [9.17, 15) is 0 Å². The molecule has 140 valence electrons. The van der Waals surface area contributed by atoms with Crippen LogP contribution in [0.1, 0.15) is 31.7 Å². The van der Waals surface area contributed by atoms with E-state index < -0.39 is 0 Å². The van der Waals surface area contributed by atoms with Crippen molar-refractivity contribution < 1.29 is 9.47 Å². The molecule has 1 aromatic rings. The highest BCUT2D eigenvalue weighted by atomic mass is 127. The van der Waals surface area contributed by atoms with Crippen molar-refractivity contribution in [1.82, 2.24) is 15.5 Å². The number of nitrogens with zero attached hydrogens (tertiary/aromatic N) is 2. The van der Waals surface area contributed by atoms with Gasteiger partial charge in [-0.3, -0.25) is 9.89 Å². The highest BCUT2D eigenvalue weighted by Gasteiger charge is 2.20.